The Kier molecular flexibility index (Phi) is 8.98. The summed E-state index contributed by atoms with van der Waals surface area (Å²) in [7, 11) is 0. The number of nitrogens with zero attached hydrogens (tertiary/aromatic N) is 1. The number of benzene rings is 1. The number of carbonyl (C=O) groups is 2. The van der Waals surface area contributed by atoms with E-state index < -0.39 is 0 Å². The summed E-state index contributed by atoms with van der Waals surface area (Å²) >= 11 is 0. The number of nitrogens with one attached hydrogen (secondary N) is 2. The van der Waals surface area contributed by atoms with Crippen molar-refractivity contribution in [2.45, 2.75) is 45.1 Å². The lowest BCUT2D eigenvalue weighted by molar-refractivity contribution is -0.128. The summed E-state index contributed by atoms with van der Waals surface area (Å²) in [6.45, 7) is 4.39. The molecule has 2 saturated heterocycles. The quantitative estimate of drug-likeness (QED) is 0.635. The number of rotatable bonds is 5. The molecule has 2 aliphatic heterocycles. The monoisotopic (exact) mass is 456 g/mol. The van der Waals surface area contributed by atoms with Crippen LogP contribution in [0.3, 0.4) is 0 Å². The fourth-order valence-electron chi connectivity index (χ4n) is 5.33. The summed E-state index contributed by atoms with van der Waals surface area (Å²) in [5.41, 5.74) is 7.28. The number of amides is 2. The normalized spacial score (nSPS) is 26.7. The Hall–Kier alpha value is -1.34. The largest absolute Gasteiger partial charge is 0.369 e. The van der Waals surface area contributed by atoms with Gasteiger partial charge in [-0.15, -0.1) is 24.8 Å². The van der Waals surface area contributed by atoms with Gasteiger partial charge in [-0.05, 0) is 68.9 Å². The molecule has 4 N–H and O–H groups in total. The molecule has 0 aromatic heterocycles. The van der Waals surface area contributed by atoms with E-state index in [9.17, 15) is 9.59 Å². The molecule has 0 bridgehead atoms. The number of halogens is 2. The van der Waals surface area contributed by atoms with E-state index in [0.29, 0.717) is 5.92 Å². The summed E-state index contributed by atoms with van der Waals surface area (Å²) < 4.78 is 0. The van der Waals surface area contributed by atoms with Gasteiger partial charge in [-0.3, -0.25) is 14.5 Å². The van der Waals surface area contributed by atoms with E-state index >= 15 is 0 Å². The molecule has 2 amide bonds. The maximum Gasteiger partial charge on any atom is 0.232 e. The summed E-state index contributed by atoms with van der Waals surface area (Å²) in [5, 5.41) is 6.66. The third-order valence-corrected chi connectivity index (χ3v) is 7.07. The fraction of sp³-hybridized carbons (Fsp3) is 0.636. The van der Waals surface area contributed by atoms with Crippen molar-refractivity contribution in [3.8, 4) is 0 Å². The van der Waals surface area contributed by atoms with Gasteiger partial charge >= 0.3 is 0 Å². The van der Waals surface area contributed by atoms with Crippen molar-refractivity contribution in [2.24, 2.45) is 23.0 Å². The van der Waals surface area contributed by atoms with Crippen LogP contribution in [0.5, 0.6) is 0 Å². The molecular formula is C22H34Cl2N4O2. The first-order valence-corrected chi connectivity index (χ1v) is 10.7. The molecule has 6 nitrogen and oxygen atoms in total. The zero-order valence-corrected chi connectivity index (χ0v) is 19.0. The van der Waals surface area contributed by atoms with E-state index in [-0.39, 0.29) is 48.0 Å². The molecule has 2 atom stereocenters. The van der Waals surface area contributed by atoms with Gasteiger partial charge in [-0.25, -0.2) is 0 Å². The van der Waals surface area contributed by atoms with Gasteiger partial charge in [0.05, 0.1) is 5.41 Å². The topological polar surface area (TPSA) is 87.5 Å². The highest BCUT2D eigenvalue weighted by Crippen LogP contribution is 2.44. The second kappa shape index (κ2) is 10.8. The van der Waals surface area contributed by atoms with Crippen LogP contribution < -0.4 is 16.4 Å². The van der Waals surface area contributed by atoms with Gasteiger partial charge in [0.25, 0.3) is 0 Å². The van der Waals surface area contributed by atoms with Gasteiger partial charge in [-0.1, -0.05) is 25.0 Å². The smallest absolute Gasteiger partial charge is 0.232 e. The minimum Gasteiger partial charge on any atom is -0.369 e. The number of carbonyl (C=O) groups excluding carboxylic acids is 2. The lowest BCUT2D eigenvalue weighted by atomic mass is 9.67. The van der Waals surface area contributed by atoms with Crippen molar-refractivity contribution in [1.29, 1.82) is 0 Å². The second-order valence-electron chi connectivity index (χ2n) is 8.84. The lowest BCUT2D eigenvalue weighted by Crippen LogP contribution is -2.44. The molecule has 8 heteroatoms. The first kappa shape index (κ1) is 24.9. The number of hydrogen-bond acceptors (Lipinski definition) is 4. The number of fused-ring (bicyclic) bond motifs is 1. The maximum absolute atomic E-state index is 13.2. The van der Waals surface area contributed by atoms with E-state index in [2.05, 4.69) is 27.7 Å². The third-order valence-electron chi connectivity index (χ3n) is 7.07. The highest BCUT2D eigenvalue weighted by atomic mass is 35.5. The van der Waals surface area contributed by atoms with Crippen LogP contribution in [-0.4, -0.2) is 42.9 Å². The molecule has 3 aliphatic rings. The van der Waals surface area contributed by atoms with Crippen LogP contribution >= 0.6 is 24.8 Å². The lowest BCUT2D eigenvalue weighted by Gasteiger charge is -2.37. The minimum absolute atomic E-state index is 0. The predicted octanol–water partition coefficient (Wildman–Crippen LogP) is 2.95. The molecule has 2 heterocycles. The average Bonchev–Trinajstić information content (AvgIpc) is 3.14. The van der Waals surface area contributed by atoms with Crippen LogP contribution in [0.25, 0.3) is 0 Å². The molecular weight excluding hydrogens is 423 g/mol. The molecule has 30 heavy (non-hydrogen) atoms. The van der Waals surface area contributed by atoms with Crippen LogP contribution in [0, 0.1) is 17.3 Å². The van der Waals surface area contributed by atoms with Crippen molar-refractivity contribution in [2.75, 3.05) is 31.5 Å². The van der Waals surface area contributed by atoms with Gasteiger partial charge < -0.3 is 16.4 Å². The maximum atomic E-state index is 13.2. The zero-order chi connectivity index (χ0) is 19.6. The van der Waals surface area contributed by atoms with E-state index in [1.165, 1.54) is 12.0 Å². The molecule has 0 unspecified atom stereocenters. The number of anilines is 1. The number of hydrogen-bond donors (Lipinski definition) is 3. The van der Waals surface area contributed by atoms with E-state index in [1.807, 2.05) is 12.1 Å². The number of nitrogens with two attached hydrogens (primary N) is 1. The van der Waals surface area contributed by atoms with Gasteiger partial charge in [0.2, 0.25) is 11.8 Å². The molecule has 1 aliphatic carbocycles. The van der Waals surface area contributed by atoms with Crippen molar-refractivity contribution in [1.82, 2.24) is 10.2 Å². The Morgan fingerprint density at radius 1 is 1.17 bits per heavy atom. The highest BCUT2D eigenvalue weighted by molar-refractivity contribution is 5.96. The van der Waals surface area contributed by atoms with Gasteiger partial charge in [0.1, 0.15) is 0 Å². The van der Waals surface area contributed by atoms with Gasteiger partial charge in [-0.2, -0.15) is 0 Å². The predicted molar refractivity (Wildman–Crippen MR) is 124 cm³/mol. The summed E-state index contributed by atoms with van der Waals surface area (Å²) in [6.07, 6.45) is 6.20. The Balaban J connectivity index is 0.00000160. The standard InChI is InChI=1S/C22H32N4O2.2ClH/c23-20(27)17-7-10-26(11-8-17)14-16-4-3-6-19(12-16)25-21(28)22-9-2-1-5-18(22)13-24-15-22;;/h3-4,6,12,17-18,24H,1-2,5,7-11,13-15H2,(H2,23,27)(H,25,28);2*1H/t18-,22+;;/m0../s1. The van der Waals surface area contributed by atoms with Gasteiger partial charge in [0, 0.05) is 24.7 Å². The second-order valence-corrected chi connectivity index (χ2v) is 8.84. The minimum atomic E-state index is -0.231. The molecule has 0 spiro atoms. The van der Waals surface area contributed by atoms with Crippen LogP contribution in [0.2, 0.25) is 0 Å². The number of primary amides is 1. The molecule has 4 rings (SSSR count). The molecule has 3 fully saturated rings. The first-order valence-electron chi connectivity index (χ1n) is 10.7. The van der Waals surface area contributed by atoms with E-state index in [0.717, 1.165) is 70.5 Å². The molecule has 0 radical (unpaired) electrons. The van der Waals surface area contributed by atoms with E-state index in [1.54, 1.807) is 0 Å². The fourth-order valence-corrected chi connectivity index (χ4v) is 5.33. The van der Waals surface area contributed by atoms with Crippen LogP contribution in [0.4, 0.5) is 5.69 Å². The Morgan fingerprint density at radius 2 is 1.93 bits per heavy atom. The molecule has 1 aromatic carbocycles. The molecule has 1 saturated carbocycles. The van der Waals surface area contributed by atoms with Crippen LogP contribution in [0.15, 0.2) is 24.3 Å². The molecule has 1 aromatic rings. The summed E-state index contributed by atoms with van der Waals surface area (Å²) in [6, 6.07) is 8.20. The van der Waals surface area contributed by atoms with Gasteiger partial charge in [0.15, 0.2) is 0 Å². The van der Waals surface area contributed by atoms with E-state index in [4.69, 9.17) is 5.73 Å². The van der Waals surface area contributed by atoms with Crippen molar-refractivity contribution in [3.63, 3.8) is 0 Å². The Bertz CT molecular complexity index is 740. The summed E-state index contributed by atoms with van der Waals surface area (Å²) in [5.74, 6) is 0.494. The highest BCUT2D eigenvalue weighted by Gasteiger charge is 2.49. The van der Waals surface area contributed by atoms with Crippen molar-refractivity contribution < 1.29 is 9.59 Å². The van der Waals surface area contributed by atoms with Crippen molar-refractivity contribution in [3.05, 3.63) is 29.8 Å². The Labute approximate surface area is 191 Å². The zero-order valence-electron chi connectivity index (χ0n) is 17.4. The molecule has 168 valence electrons. The number of piperidine rings is 1. The van der Waals surface area contributed by atoms with Crippen molar-refractivity contribution >= 4 is 42.3 Å². The van der Waals surface area contributed by atoms with Crippen LogP contribution in [-0.2, 0) is 16.1 Å². The average molecular weight is 457 g/mol. The number of likely N-dealkylation sites (tertiary alicyclic amines) is 1. The van der Waals surface area contributed by atoms with Crippen LogP contribution in [0.1, 0.15) is 44.1 Å². The first-order chi connectivity index (χ1) is 13.6. The third kappa shape index (κ3) is 5.28. The SMILES string of the molecule is Cl.Cl.NC(=O)C1CCN(Cc2cccc(NC(=O)[C@@]34CCCC[C@H]3CNC4)c2)CC1. The Morgan fingerprint density at radius 3 is 2.67 bits per heavy atom. The summed E-state index contributed by atoms with van der Waals surface area (Å²) in [4.78, 5) is 26.9.